The summed E-state index contributed by atoms with van der Waals surface area (Å²) in [5, 5.41) is 8.19. The number of carbonyl (C=O) groups is 1. The number of nitriles is 1. The Morgan fingerprint density at radius 1 is 1.13 bits per heavy atom. The summed E-state index contributed by atoms with van der Waals surface area (Å²) in [6.45, 7) is 0. The molecule has 2 aromatic carbocycles. The molecule has 0 spiro atoms. The van der Waals surface area contributed by atoms with E-state index in [-0.39, 0.29) is 4.90 Å². The van der Waals surface area contributed by atoms with Crippen LogP contribution in [0.2, 0.25) is 0 Å². The highest BCUT2D eigenvalue weighted by atomic mass is 32.2. The third-order valence-electron chi connectivity index (χ3n) is 4.18. The van der Waals surface area contributed by atoms with Crippen LogP contribution in [-0.4, -0.2) is 20.0 Å². The van der Waals surface area contributed by atoms with Crippen LogP contribution in [-0.2, 0) is 14.6 Å². The van der Waals surface area contributed by atoms with Gasteiger partial charge >= 0.3 is 0 Å². The van der Waals surface area contributed by atoms with Crippen molar-refractivity contribution in [3.8, 4) is 6.07 Å². The summed E-state index contributed by atoms with van der Waals surface area (Å²) >= 11 is 0. The van der Waals surface area contributed by atoms with Gasteiger partial charge in [-0.1, -0.05) is 30.3 Å². The van der Waals surface area contributed by atoms with E-state index < -0.39 is 32.2 Å². The van der Waals surface area contributed by atoms with Crippen LogP contribution in [0.4, 0.5) is 4.39 Å². The highest BCUT2D eigenvalue weighted by molar-refractivity contribution is 7.92. The van der Waals surface area contributed by atoms with Gasteiger partial charge in [0.2, 0.25) is 0 Å². The van der Waals surface area contributed by atoms with Crippen LogP contribution in [0.15, 0.2) is 59.5 Å². The lowest BCUT2D eigenvalue weighted by molar-refractivity contribution is -0.110. The lowest BCUT2D eigenvalue weighted by Gasteiger charge is -2.04. The Labute approximate surface area is 133 Å². The molecule has 23 heavy (non-hydrogen) atoms. The molecule has 0 unspecified atom stereocenters. The lowest BCUT2D eigenvalue weighted by atomic mass is 10.0. The van der Waals surface area contributed by atoms with E-state index in [0.29, 0.717) is 11.8 Å². The lowest BCUT2D eigenvalue weighted by Crippen LogP contribution is -2.16. The van der Waals surface area contributed by atoms with Crippen molar-refractivity contribution < 1.29 is 17.6 Å². The fourth-order valence-corrected chi connectivity index (χ4v) is 5.28. The van der Waals surface area contributed by atoms with E-state index in [0.717, 1.165) is 0 Å². The van der Waals surface area contributed by atoms with Gasteiger partial charge in [-0.2, -0.15) is 5.26 Å². The minimum absolute atomic E-state index is 0.0466. The maximum Gasteiger partial charge on any atom is 0.183 e. The number of halogens is 1. The number of benzene rings is 2. The molecular formula is C17H12FNO3S. The molecule has 4 nitrogen and oxygen atoms in total. The molecule has 6 heteroatoms. The molecule has 2 aromatic rings. The third-order valence-corrected chi connectivity index (χ3v) is 6.44. The summed E-state index contributed by atoms with van der Waals surface area (Å²) < 4.78 is 39.0. The zero-order valence-electron chi connectivity index (χ0n) is 11.9. The van der Waals surface area contributed by atoms with Crippen LogP contribution >= 0.6 is 0 Å². The molecule has 3 atom stereocenters. The standard InChI is InChI=1S/C17H12FNO3S/c18-13-6-4-5-12(9-13)15-16(17(15,10-19)11-20)23(21,22)14-7-2-1-3-8-14/h1-9,11,15-16H/t15-,16-,17+/m0/s1. The van der Waals surface area contributed by atoms with Gasteiger partial charge in [0.1, 0.15) is 22.8 Å². The van der Waals surface area contributed by atoms with Crippen molar-refractivity contribution in [3.05, 3.63) is 66.0 Å². The fraction of sp³-hybridized carbons (Fsp3) is 0.176. The highest BCUT2D eigenvalue weighted by Gasteiger charge is 2.72. The molecule has 0 amide bonds. The number of aldehydes is 1. The highest BCUT2D eigenvalue weighted by Crippen LogP contribution is 2.62. The number of hydrogen-bond donors (Lipinski definition) is 0. The minimum atomic E-state index is -3.88. The summed E-state index contributed by atoms with van der Waals surface area (Å²) in [6.07, 6.45) is 0.369. The van der Waals surface area contributed by atoms with Gasteiger partial charge in [0.05, 0.1) is 11.0 Å². The Hall–Kier alpha value is -2.52. The van der Waals surface area contributed by atoms with E-state index in [1.165, 1.54) is 36.4 Å². The monoisotopic (exact) mass is 329 g/mol. The van der Waals surface area contributed by atoms with Crippen LogP contribution in [0.1, 0.15) is 11.5 Å². The summed E-state index contributed by atoms with van der Waals surface area (Å²) in [5.74, 6) is -1.41. The Balaban J connectivity index is 2.11. The van der Waals surface area contributed by atoms with E-state index in [1.807, 2.05) is 6.07 Å². The van der Waals surface area contributed by atoms with Crippen LogP contribution in [0, 0.1) is 22.6 Å². The fourth-order valence-electron chi connectivity index (χ4n) is 3.02. The van der Waals surface area contributed by atoms with E-state index in [1.54, 1.807) is 18.2 Å². The Bertz CT molecular complexity index is 905. The third kappa shape index (κ3) is 2.25. The first-order valence-electron chi connectivity index (χ1n) is 6.89. The predicted molar refractivity (Wildman–Crippen MR) is 80.7 cm³/mol. The SMILES string of the molecule is N#C[C@@]1(C=O)[C@@H](c2cccc(F)c2)[C@@H]1S(=O)(=O)c1ccccc1. The molecule has 1 aliphatic carbocycles. The van der Waals surface area contributed by atoms with Crippen molar-refractivity contribution in [2.24, 2.45) is 5.41 Å². The second-order valence-electron chi connectivity index (χ2n) is 5.47. The molecular weight excluding hydrogens is 317 g/mol. The number of hydrogen-bond acceptors (Lipinski definition) is 4. The second-order valence-corrected chi connectivity index (χ2v) is 7.54. The van der Waals surface area contributed by atoms with Gasteiger partial charge in [-0.25, -0.2) is 12.8 Å². The topological polar surface area (TPSA) is 75.0 Å². The molecule has 0 aliphatic heterocycles. The average molecular weight is 329 g/mol. The molecule has 1 saturated carbocycles. The number of rotatable bonds is 4. The maximum atomic E-state index is 13.4. The molecule has 0 saturated heterocycles. The van der Waals surface area contributed by atoms with Gasteiger partial charge < -0.3 is 4.79 Å². The van der Waals surface area contributed by atoms with Gasteiger partial charge in [0.25, 0.3) is 0 Å². The molecule has 0 aromatic heterocycles. The minimum Gasteiger partial charge on any atom is -0.302 e. The van der Waals surface area contributed by atoms with Crippen LogP contribution in [0.25, 0.3) is 0 Å². The normalized spacial score (nSPS) is 26.3. The first kappa shape index (κ1) is 15.4. The van der Waals surface area contributed by atoms with Gasteiger partial charge in [0, 0.05) is 5.92 Å². The van der Waals surface area contributed by atoms with Crippen molar-refractivity contribution in [1.29, 1.82) is 5.26 Å². The van der Waals surface area contributed by atoms with Crippen LogP contribution in [0.5, 0.6) is 0 Å². The first-order chi connectivity index (χ1) is 11.0. The summed E-state index contributed by atoms with van der Waals surface area (Å²) in [7, 11) is -3.88. The molecule has 1 fully saturated rings. The molecule has 1 aliphatic rings. The Morgan fingerprint density at radius 3 is 2.39 bits per heavy atom. The van der Waals surface area contributed by atoms with Gasteiger partial charge in [-0.15, -0.1) is 0 Å². The van der Waals surface area contributed by atoms with Gasteiger partial charge in [-0.05, 0) is 29.8 Å². The Kier molecular flexibility index (Phi) is 3.53. The zero-order valence-corrected chi connectivity index (χ0v) is 12.7. The van der Waals surface area contributed by atoms with Crippen LogP contribution in [0.3, 0.4) is 0 Å². The second kappa shape index (κ2) is 5.28. The molecule has 0 bridgehead atoms. The first-order valence-corrected chi connectivity index (χ1v) is 8.44. The number of sulfone groups is 1. The van der Waals surface area contributed by atoms with E-state index >= 15 is 0 Å². The smallest absolute Gasteiger partial charge is 0.183 e. The summed E-state index contributed by atoms with van der Waals surface area (Å²) in [4.78, 5) is 11.5. The molecule has 0 heterocycles. The summed E-state index contributed by atoms with van der Waals surface area (Å²) in [6, 6.07) is 14.8. The van der Waals surface area contributed by atoms with Crippen molar-refractivity contribution in [3.63, 3.8) is 0 Å². The van der Waals surface area contributed by atoms with E-state index in [9.17, 15) is 22.9 Å². The predicted octanol–water partition coefficient (Wildman–Crippen LogP) is 2.47. The van der Waals surface area contributed by atoms with E-state index in [4.69, 9.17) is 0 Å². The average Bonchev–Trinajstić information content (AvgIpc) is 3.26. The molecule has 116 valence electrons. The zero-order chi connectivity index (χ0) is 16.7. The van der Waals surface area contributed by atoms with E-state index in [2.05, 4.69) is 0 Å². The van der Waals surface area contributed by atoms with Crippen molar-refractivity contribution in [1.82, 2.24) is 0 Å². The molecule has 3 rings (SSSR count). The maximum absolute atomic E-state index is 13.4. The Morgan fingerprint density at radius 2 is 1.83 bits per heavy atom. The number of carbonyl (C=O) groups excluding carboxylic acids is 1. The largest absolute Gasteiger partial charge is 0.302 e. The van der Waals surface area contributed by atoms with Crippen molar-refractivity contribution in [2.45, 2.75) is 16.1 Å². The quantitative estimate of drug-likeness (QED) is 0.808. The molecule has 0 N–H and O–H groups in total. The van der Waals surface area contributed by atoms with Crippen LogP contribution < -0.4 is 0 Å². The van der Waals surface area contributed by atoms with Gasteiger partial charge in [-0.3, -0.25) is 0 Å². The molecule has 0 radical (unpaired) electrons. The number of nitrogens with zero attached hydrogens (tertiary/aromatic N) is 1. The summed E-state index contributed by atoms with van der Waals surface area (Å²) in [5.41, 5.74) is -1.34. The van der Waals surface area contributed by atoms with Crippen molar-refractivity contribution in [2.75, 3.05) is 0 Å². The van der Waals surface area contributed by atoms with Crippen molar-refractivity contribution >= 4 is 16.1 Å². The van der Waals surface area contributed by atoms with Gasteiger partial charge in [0.15, 0.2) is 9.84 Å².